The molecule has 9 rings (SSSR count). The first kappa shape index (κ1) is 24.2. The second-order valence-corrected chi connectivity index (χ2v) is 11.7. The fourth-order valence-corrected chi connectivity index (χ4v) is 7.29. The molecule has 43 heavy (non-hydrogen) atoms. The number of allylic oxidation sites excluding steroid dienone is 4. The van der Waals surface area contributed by atoms with Gasteiger partial charge in [-0.2, -0.15) is 0 Å². The zero-order valence-electron chi connectivity index (χ0n) is 23.7. The van der Waals surface area contributed by atoms with Gasteiger partial charge in [0.2, 0.25) is 0 Å². The van der Waals surface area contributed by atoms with Gasteiger partial charge in [0.15, 0.2) is 0 Å². The van der Waals surface area contributed by atoms with E-state index < -0.39 is 0 Å². The topological polar surface area (TPSA) is 4.93 Å². The Labute approximate surface area is 250 Å². The van der Waals surface area contributed by atoms with E-state index in [1.807, 2.05) is 0 Å². The average molecular weight is 548 g/mol. The van der Waals surface area contributed by atoms with Gasteiger partial charge >= 0.3 is 0 Å². The van der Waals surface area contributed by atoms with Crippen LogP contribution in [0.2, 0.25) is 0 Å². The summed E-state index contributed by atoms with van der Waals surface area (Å²) in [7, 11) is 0. The Morgan fingerprint density at radius 3 is 2.12 bits per heavy atom. The Balaban J connectivity index is 1.31. The Hall–Kier alpha value is -5.40. The van der Waals surface area contributed by atoms with Gasteiger partial charge in [-0.1, -0.05) is 140 Å². The van der Waals surface area contributed by atoms with Crippen LogP contribution in [0.25, 0.3) is 70.9 Å². The van der Waals surface area contributed by atoms with Crippen molar-refractivity contribution < 1.29 is 0 Å². The molecular weight excluding hydrogens is 518 g/mol. The van der Waals surface area contributed by atoms with Crippen molar-refractivity contribution in [1.29, 1.82) is 0 Å². The smallest absolute Gasteiger partial charge is 0.0626 e. The van der Waals surface area contributed by atoms with Crippen LogP contribution < -0.4 is 0 Å². The Morgan fingerprint density at radius 2 is 1.28 bits per heavy atom. The lowest BCUT2D eigenvalue weighted by atomic mass is 9.90. The fourth-order valence-electron chi connectivity index (χ4n) is 7.29. The molecule has 0 N–H and O–H groups in total. The molecule has 0 saturated heterocycles. The van der Waals surface area contributed by atoms with Gasteiger partial charge in [-0.25, -0.2) is 0 Å². The summed E-state index contributed by atoms with van der Waals surface area (Å²) in [5.41, 5.74) is 7.55. The van der Waals surface area contributed by atoms with Gasteiger partial charge in [0.1, 0.15) is 0 Å². The minimum atomic E-state index is 0.445. The normalized spacial score (nSPS) is 14.9. The summed E-state index contributed by atoms with van der Waals surface area (Å²) in [5, 5.41) is 10.4. The predicted octanol–water partition coefficient (Wildman–Crippen LogP) is 11.5. The van der Waals surface area contributed by atoms with Gasteiger partial charge in [-0.05, 0) is 62.9 Å². The lowest BCUT2D eigenvalue weighted by Gasteiger charge is -2.15. The second-order valence-electron chi connectivity index (χ2n) is 11.7. The van der Waals surface area contributed by atoms with Gasteiger partial charge < -0.3 is 4.57 Å². The first-order valence-corrected chi connectivity index (χ1v) is 15.1. The molecule has 1 aromatic heterocycles. The molecule has 0 saturated carbocycles. The molecule has 0 amide bonds. The van der Waals surface area contributed by atoms with Crippen LogP contribution in [0.5, 0.6) is 0 Å². The molecule has 202 valence electrons. The molecule has 1 aliphatic rings. The van der Waals surface area contributed by atoms with Crippen LogP contribution in [0.3, 0.4) is 0 Å². The molecule has 1 heterocycles. The molecule has 1 aliphatic carbocycles. The maximum Gasteiger partial charge on any atom is 0.0626 e. The van der Waals surface area contributed by atoms with Crippen LogP contribution in [-0.2, 0) is 0 Å². The predicted molar refractivity (Wildman–Crippen MR) is 184 cm³/mol. The summed E-state index contributed by atoms with van der Waals surface area (Å²) in [6.07, 6.45) is 9.93. The number of benzene rings is 7. The maximum atomic E-state index is 2.48. The van der Waals surface area contributed by atoms with Crippen molar-refractivity contribution in [3.8, 4) is 16.8 Å². The Morgan fingerprint density at radius 1 is 0.512 bits per heavy atom. The minimum absolute atomic E-state index is 0.445. The van der Waals surface area contributed by atoms with Crippen LogP contribution in [0.4, 0.5) is 0 Å². The van der Waals surface area contributed by atoms with Gasteiger partial charge in [-0.3, -0.25) is 0 Å². The molecule has 1 nitrogen and oxygen atoms in total. The maximum absolute atomic E-state index is 2.48. The van der Waals surface area contributed by atoms with Gasteiger partial charge in [-0.15, -0.1) is 0 Å². The van der Waals surface area contributed by atoms with Gasteiger partial charge in [0, 0.05) is 33.2 Å². The minimum Gasteiger partial charge on any atom is -0.309 e. The first-order chi connectivity index (χ1) is 21.3. The van der Waals surface area contributed by atoms with E-state index in [9.17, 15) is 0 Å². The molecule has 0 radical (unpaired) electrons. The highest BCUT2D eigenvalue weighted by atomic mass is 15.0. The summed E-state index contributed by atoms with van der Waals surface area (Å²) < 4.78 is 2.48. The molecule has 1 atom stereocenters. The SMILES string of the molecule is C1=CCC(c2cccc(-c3ccc(-n4c5ccccc5c5c6c7ccccc7ccc6c6ccccc6c54)cc3)c2)C=C1. The number of hydrogen-bond acceptors (Lipinski definition) is 0. The van der Waals surface area contributed by atoms with E-state index in [1.165, 1.54) is 76.5 Å². The lowest BCUT2D eigenvalue weighted by molar-refractivity contribution is 0.854. The van der Waals surface area contributed by atoms with Crippen LogP contribution in [-0.4, -0.2) is 4.57 Å². The van der Waals surface area contributed by atoms with Crippen molar-refractivity contribution >= 4 is 54.1 Å². The monoisotopic (exact) mass is 547 g/mol. The second kappa shape index (κ2) is 9.58. The Bertz CT molecular complexity index is 2420. The molecule has 0 fully saturated rings. The third kappa shape index (κ3) is 3.72. The van der Waals surface area contributed by atoms with E-state index >= 15 is 0 Å². The van der Waals surface area contributed by atoms with Crippen LogP contribution >= 0.6 is 0 Å². The highest BCUT2D eigenvalue weighted by Gasteiger charge is 2.20. The summed E-state index contributed by atoms with van der Waals surface area (Å²) in [4.78, 5) is 0. The molecule has 8 aromatic rings. The van der Waals surface area contributed by atoms with Crippen LogP contribution in [0.15, 0.2) is 158 Å². The summed E-state index contributed by atoms with van der Waals surface area (Å²) in [6, 6.07) is 49.4. The van der Waals surface area contributed by atoms with Crippen LogP contribution in [0.1, 0.15) is 17.9 Å². The quantitative estimate of drug-likeness (QED) is 0.194. The zero-order valence-corrected chi connectivity index (χ0v) is 23.7. The highest BCUT2D eigenvalue weighted by Crippen LogP contribution is 2.44. The molecule has 7 aromatic carbocycles. The van der Waals surface area contributed by atoms with E-state index in [0.717, 1.165) is 6.42 Å². The Kier molecular flexibility index (Phi) is 5.39. The number of para-hydroxylation sites is 1. The van der Waals surface area contributed by atoms with Gasteiger partial charge in [0.05, 0.1) is 11.0 Å². The summed E-state index contributed by atoms with van der Waals surface area (Å²) in [6.45, 7) is 0. The highest BCUT2D eigenvalue weighted by molar-refractivity contribution is 6.36. The number of rotatable bonds is 3. The summed E-state index contributed by atoms with van der Waals surface area (Å²) in [5.74, 6) is 0.445. The van der Waals surface area contributed by atoms with Crippen molar-refractivity contribution in [3.05, 3.63) is 163 Å². The van der Waals surface area contributed by atoms with Crippen molar-refractivity contribution in [2.75, 3.05) is 0 Å². The van der Waals surface area contributed by atoms with E-state index in [2.05, 4.69) is 162 Å². The molecule has 0 spiro atoms. The molecule has 1 heteroatoms. The van der Waals surface area contributed by atoms with Crippen molar-refractivity contribution in [1.82, 2.24) is 4.57 Å². The van der Waals surface area contributed by atoms with Gasteiger partial charge in [0.25, 0.3) is 0 Å². The molecular formula is C42H29N. The number of aromatic nitrogens is 1. The first-order valence-electron chi connectivity index (χ1n) is 15.1. The number of hydrogen-bond donors (Lipinski definition) is 0. The molecule has 1 unspecified atom stereocenters. The number of fused-ring (bicyclic) bond motifs is 10. The van der Waals surface area contributed by atoms with E-state index in [1.54, 1.807) is 0 Å². The standard InChI is InChI=1S/C42H29N/c1-2-11-28(12-3-1)31-14-10-15-32(27-31)29-21-24-33(25-22-29)43-39-20-9-8-19-38(39)41-40-34-16-5-4-13-30(34)23-26-36(40)35-17-6-7-18-37(35)42(41)43/h1-11,13-28H,12H2. The lowest BCUT2D eigenvalue weighted by Crippen LogP contribution is -1.97. The van der Waals surface area contributed by atoms with E-state index in [4.69, 9.17) is 0 Å². The van der Waals surface area contributed by atoms with Crippen molar-refractivity contribution in [2.45, 2.75) is 12.3 Å². The fraction of sp³-hybridized carbons (Fsp3) is 0.0476. The van der Waals surface area contributed by atoms with Crippen LogP contribution in [0, 0.1) is 0 Å². The van der Waals surface area contributed by atoms with E-state index in [-0.39, 0.29) is 0 Å². The average Bonchev–Trinajstić information content (AvgIpc) is 3.44. The third-order valence-electron chi connectivity index (χ3n) is 9.28. The largest absolute Gasteiger partial charge is 0.309 e. The van der Waals surface area contributed by atoms with E-state index in [0.29, 0.717) is 5.92 Å². The zero-order chi connectivity index (χ0) is 28.3. The van der Waals surface area contributed by atoms with Crippen molar-refractivity contribution in [3.63, 3.8) is 0 Å². The molecule has 0 bridgehead atoms. The van der Waals surface area contributed by atoms with Crippen molar-refractivity contribution in [2.24, 2.45) is 0 Å². The summed E-state index contributed by atoms with van der Waals surface area (Å²) >= 11 is 0. The third-order valence-corrected chi connectivity index (χ3v) is 9.28. The number of nitrogens with zero attached hydrogens (tertiary/aromatic N) is 1. The molecule has 0 aliphatic heterocycles.